The number of carbonyl (C=O) groups excluding carboxylic acids is 1. The van der Waals surface area contributed by atoms with Crippen LogP contribution in [0.5, 0.6) is 0 Å². The number of rotatable bonds is 20. The molecule has 0 bridgehead atoms. The second kappa shape index (κ2) is 19.4. The van der Waals surface area contributed by atoms with Gasteiger partial charge in [0.1, 0.15) is 0 Å². The van der Waals surface area contributed by atoms with Crippen molar-refractivity contribution < 1.29 is 4.79 Å². The van der Waals surface area contributed by atoms with Gasteiger partial charge in [0.2, 0.25) is 5.91 Å². The van der Waals surface area contributed by atoms with Gasteiger partial charge in [-0.15, -0.1) is 0 Å². The van der Waals surface area contributed by atoms with Gasteiger partial charge in [-0.1, -0.05) is 137 Å². The maximum absolute atomic E-state index is 12.8. The lowest BCUT2D eigenvalue weighted by Gasteiger charge is -2.29. The fourth-order valence-electron chi connectivity index (χ4n) is 4.02. The molecule has 0 saturated carbocycles. The predicted molar refractivity (Wildman–Crippen MR) is 130 cm³/mol. The summed E-state index contributed by atoms with van der Waals surface area (Å²) in [5.74, 6) is 0.344. The number of hydrogen-bond acceptors (Lipinski definition) is 1. The van der Waals surface area contributed by atoms with Crippen LogP contribution in [0.1, 0.15) is 150 Å². The van der Waals surface area contributed by atoms with Crippen LogP contribution >= 0.6 is 0 Å². The third-order valence-electron chi connectivity index (χ3n) is 5.99. The molecule has 0 radical (unpaired) electrons. The van der Waals surface area contributed by atoms with Crippen molar-refractivity contribution in [3.8, 4) is 0 Å². The molecule has 0 saturated heterocycles. The molecule has 29 heavy (non-hydrogen) atoms. The summed E-state index contributed by atoms with van der Waals surface area (Å²) < 4.78 is 0. The molecule has 2 nitrogen and oxygen atoms in total. The van der Waals surface area contributed by atoms with E-state index in [-0.39, 0.29) is 5.41 Å². The lowest BCUT2D eigenvalue weighted by atomic mass is 9.94. The summed E-state index contributed by atoms with van der Waals surface area (Å²) in [6.45, 7) is 12.7. The Morgan fingerprint density at radius 1 is 0.517 bits per heavy atom. The van der Waals surface area contributed by atoms with Crippen LogP contribution in [0.3, 0.4) is 0 Å². The van der Waals surface area contributed by atoms with Gasteiger partial charge in [0.25, 0.3) is 0 Å². The van der Waals surface area contributed by atoms with Gasteiger partial charge in [-0.05, 0) is 12.8 Å². The van der Waals surface area contributed by atoms with Gasteiger partial charge in [0.05, 0.1) is 0 Å². The Kier molecular flexibility index (Phi) is 19.1. The number of unbranched alkanes of at least 4 members (excludes halogenated alkanes) is 16. The fraction of sp³-hybridized carbons (Fsp3) is 0.963. The summed E-state index contributed by atoms with van der Waals surface area (Å²) in [5.41, 5.74) is -0.251. The second-order valence-electron chi connectivity index (χ2n) is 10.2. The Morgan fingerprint density at radius 3 is 1.07 bits per heavy atom. The molecule has 0 N–H and O–H groups in total. The third-order valence-corrected chi connectivity index (χ3v) is 5.99. The first-order valence-electron chi connectivity index (χ1n) is 13.2. The van der Waals surface area contributed by atoms with E-state index in [1.165, 1.54) is 116 Å². The first kappa shape index (κ1) is 28.5. The first-order valence-corrected chi connectivity index (χ1v) is 13.2. The van der Waals surface area contributed by atoms with E-state index in [0.717, 1.165) is 13.1 Å². The number of carbonyl (C=O) groups is 1. The quantitative estimate of drug-likeness (QED) is 0.184. The molecule has 0 aromatic heterocycles. The average Bonchev–Trinajstić information content (AvgIpc) is 2.68. The summed E-state index contributed by atoms with van der Waals surface area (Å²) >= 11 is 0. The molecule has 0 aliphatic rings. The predicted octanol–water partition coefficient (Wildman–Crippen LogP) is 8.92. The normalized spacial score (nSPS) is 11.8. The first-order chi connectivity index (χ1) is 13.9. The van der Waals surface area contributed by atoms with Crippen LogP contribution in [0.2, 0.25) is 0 Å². The molecular formula is C27H55NO. The van der Waals surface area contributed by atoms with E-state index in [0.29, 0.717) is 5.91 Å². The largest absolute Gasteiger partial charge is 0.342 e. The highest BCUT2D eigenvalue weighted by Gasteiger charge is 2.26. The highest BCUT2D eigenvalue weighted by atomic mass is 16.2. The van der Waals surface area contributed by atoms with Crippen molar-refractivity contribution in [1.82, 2.24) is 4.90 Å². The summed E-state index contributed by atoms with van der Waals surface area (Å²) in [6.07, 6.45) is 24.2. The molecule has 0 aromatic rings. The molecule has 1 amide bonds. The summed E-state index contributed by atoms with van der Waals surface area (Å²) in [4.78, 5) is 15.0. The average molecular weight is 410 g/mol. The number of hydrogen-bond donors (Lipinski definition) is 0. The second-order valence-corrected chi connectivity index (χ2v) is 10.2. The Balaban J connectivity index is 3.93. The SMILES string of the molecule is CCCCCCCCCCCN(CCCCCCCCCCC)C(=O)C(C)(C)C. The Bertz CT molecular complexity index is 336. The van der Waals surface area contributed by atoms with Gasteiger partial charge in [-0.25, -0.2) is 0 Å². The fourth-order valence-corrected chi connectivity index (χ4v) is 4.02. The van der Waals surface area contributed by atoms with Crippen molar-refractivity contribution >= 4 is 5.91 Å². The highest BCUT2D eigenvalue weighted by Crippen LogP contribution is 2.19. The molecule has 174 valence electrons. The topological polar surface area (TPSA) is 20.3 Å². The van der Waals surface area contributed by atoms with Crippen LogP contribution in [0, 0.1) is 5.41 Å². The van der Waals surface area contributed by atoms with E-state index in [2.05, 4.69) is 39.5 Å². The van der Waals surface area contributed by atoms with E-state index in [1.807, 2.05) is 0 Å². The molecule has 0 atom stereocenters. The minimum absolute atomic E-state index is 0.251. The summed E-state index contributed by atoms with van der Waals surface area (Å²) in [5, 5.41) is 0. The monoisotopic (exact) mass is 409 g/mol. The minimum Gasteiger partial charge on any atom is -0.342 e. The molecule has 0 aliphatic carbocycles. The van der Waals surface area contributed by atoms with Crippen molar-refractivity contribution in [2.24, 2.45) is 5.41 Å². The van der Waals surface area contributed by atoms with Gasteiger partial charge in [-0.2, -0.15) is 0 Å². The summed E-state index contributed by atoms with van der Waals surface area (Å²) in [6, 6.07) is 0. The van der Waals surface area contributed by atoms with Gasteiger partial charge in [0.15, 0.2) is 0 Å². The van der Waals surface area contributed by atoms with Gasteiger partial charge in [-0.3, -0.25) is 4.79 Å². The zero-order chi connectivity index (χ0) is 21.8. The van der Waals surface area contributed by atoms with Crippen LogP contribution in [-0.2, 0) is 4.79 Å². The molecule has 2 heteroatoms. The molecule has 0 aromatic carbocycles. The van der Waals surface area contributed by atoms with E-state index in [4.69, 9.17) is 0 Å². The number of nitrogens with zero attached hydrogens (tertiary/aromatic N) is 1. The maximum Gasteiger partial charge on any atom is 0.227 e. The lowest BCUT2D eigenvalue weighted by molar-refractivity contribution is -0.139. The zero-order valence-corrected chi connectivity index (χ0v) is 21.0. The zero-order valence-electron chi connectivity index (χ0n) is 21.0. The van der Waals surface area contributed by atoms with Crippen molar-refractivity contribution in [2.75, 3.05) is 13.1 Å². The highest BCUT2D eigenvalue weighted by molar-refractivity contribution is 5.81. The van der Waals surface area contributed by atoms with E-state index >= 15 is 0 Å². The molecular weight excluding hydrogens is 354 g/mol. The van der Waals surface area contributed by atoms with Crippen LogP contribution in [-0.4, -0.2) is 23.9 Å². The standard InChI is InChI=1S/C27H55NO/c1-6-8-10-12-14-16-18-20-22-24-28(26(29)27(3,4)5)25-23-21-19-17-15-13-11-9-7-2/h6-25H2,1-5H3. The third kappa shape index (κ3) is 18.0. The van der Waals surface area contributed by atoms with Gasteiger partial charge < -0.3 is 4.90 Å². The molecule has 0 heterocycles. The molecule has 0 aliphatic heterocycles. The number of amides is 1. The lowest BCUT2D eigenvalue weighted by Crippen LogP contribution is -2.40. The van der Waals surface area contributed by atoms with Crippen molar-refractivity contribution in [3.63, 3.8) is 0 Å². The molecule has 0 spiro atoms. The molecule has 0 unspecified atom stereocenters. The van der Waals surface area contributed by atoms with Gasteiger partial charge in [0, 0.05) is 18.5 Å². The van der Waals surface area contributed by atoms with Crippen molar-refractivity contribution in [1.29, 1.82) is 0 Å². The van der Waals surface area contributed by atoms with E-state index in [9.17, 15) is 4.79 Å². The van der Waals surface area contributed by atoms with Crippen molar-refractivity contribution in [2.45, 2.75) is 150 Å². The minimum atomic E-state index is -0.251. The van der Waals surface area contributed by atoms with E-state index < -0.39 is 0 Å². The Hall–Kier alpha value is -0.530. The summed E-state index contributed by atoms with van der Waals surface area (Å²) in [7, 11) is 0. The van der Waals surface area contributed by atoms with Crippen molar-refractivity contribution in [3.05, 3.63) is 0 Å². The van der Waals surface area contributed by atoms with Gasteiger partial charge >= 0.3 is 0 Å². The smallest absolute Gasteiger partial charge is 0.227 e. The van der Waals surface area contributed by atoms with Crippen LogP contribution in [0.15, 0.2) is 0 Å². The van der Waals surface area contributed by atoms with E-state index in [1.54, 1.807) is 0 Å². The maximum atomic E-state index is 12.8. The van der Waals surface area contributed by atoms with Crippen LogP contribution in [0.25, 0.3) is 0 Å². The molecule has 0 fully saturated rings. The van der Waals surface area contributed by atoms with Crippen LogP contribution in [0.4, 0.5) is 0 Å². The Morgan fingerprint density at radius 2 is 0.793 bits per heavy atom. The Labute approximate surface area is 184 Å². The molecule has 0 rings (SSSR count). The van der Waals surface area contributed by atoms with Crippen LogP contribution < -0.4 is 0 Å².